The Morgan fingerprint density at radius 3 is 2.42 bits per heavy atom. The van der Waals surface area contributed by atoms with E-state index in [4.69, 9.17) is 0 Å². The number of carboxylic acids is 1. The van der Waals surface area contributed by atoms with Gasteiger partial charge < -0.3 is 10.4 Å². The van der Waals surface area contributed by atoms with Crippen LogP contribution in [0.4, 0.5) is 17.1 Å². The van der Waals surface area contributed by atoms with Crippen LogP contribution in [-0.2, 0) is 0 Å². The lowest BCUT2D eigenvalue weighted by Crippen LogP contribution is -2.02. The Morgan fingerprint density at radius 1 is 0.833 bits per heavy atom. The highest BCUT2D eigenvalue weighted by molar-refractivity contribution is 6.05. The first kappa shape index (κ1) is 14.2. The van der Waals surface area contributed by atoms with Crippen LogP contribution >= 0.6 is 0 Å². The predicted octanol–water partition coefficient (Wildman–Crippen LogP) is 4.86. The fraction of sp³-hybridized carbons (Fsp3) is 0. The summed E-state index contributed by atoms with van der Waals surface area (Å²) in [5, 5.41) is 12.9. The zero-order chi connectivity index (χ0) is 16.5. The fourth-order valence-electron chi connectivity index (χ4n) is 2.92. The summed E-state index contributed by atoms with van der Waals surface area (Å²) in [5.41, 5.74) is 5.36. The van der Waals surface area contributed by atoms with Gasteiger partial charge in [-0.05, 0) is 35.4 Å². The van der Waals surface area contributed by atoms with E-state index < -0.39 is 5.97 Å². The maximum atomic E-state index is 11.6. The van der Waals surface area contributed by atoms with Gasteiger partial charge in [0.25, 0.3) is 0 Å². The third-order valence-corrected chi connectivity index (χ3v) is 4.06. The third-order valence-electron chi connectivity index (χ3n) is 4.06. The van der Waals surface area contributed by atoms with E-state index in [9.17, 15) is 9.90 Å². The van der Waals surface area contributed by atoms with Gasteiger partial charge in [-0.25, -0.2) is 4.79 Å². The number of nitrogens with one attached hydrogen (secondary N) is 1. The second-order valence-electron chi connectivity index (χ2n) is 5.52. The first-order valence-corrected chi connectivity index (χ1v) is 7.60. The van der Waals surface area contributed by atoms with Crippen LogP contribution in [0.3, 0.4) is 0 Å². The number of aromatic carboxylic acids is 1. The molecule has 4 nitrogen and oxygen atoms in total. The molecule has 0 saturated heterocycles. The number of carboxylic acid groups (broad SMARTS) is 1. The average Bonchev–Trinajstić information content (AvgIpc) is 2.80. The van der Waals surface area contributed by atoms with Gasteiger partial charge in [0.2, 0.25) is 0 Å². The molecule has 1 aliphatic heterocycles. The van der Waals surface area contributed by atoms with Crippen molar-refractivity contribution >= 4 is 29.2 Å². The molecule has 4 heteroatoms. The molecule has 0 fully saturated rings. The van der Waals surface area contributed by atoms with Crippen LogP contribution < -0.4 is 5.32 Å². The van der Waals surface area contributed by atoms with Gasteiger partial charge in [0.1, 0.15) is 0 Å². The van der Waals surface area contributed by atoms with Gasteiger partial charge >= 0.3 is 5.97 Å². The Balaban J connectivity index is 1.93. The van der Waals surface area contributed by atoms with Crippen LogP contribution in [0.1, 0.15) is 15.9 Å². The van der Waals surface area contributed by atoms with Gasteiger partial charge in [-0.3, -0.25) is 4.99 Å². The molecule has 0 atom stereocenters. The number of hydrogen-bond donors (Lipinski definition) is 2. The molecule has 1 heterocycles. The Labute approximate surface area is 139 Å². The summed E-state index contributed by atoms with van der Waals surface area (Å²) in [4.78, 5) is 16.1. The van der Waals surface area contributed by atoms with Gasteiger partial charge in [-0.1, -0.05) is 42.5 Å². The summed E-state index contributed by atoms with van der Waals surface area (Å²) in [6, 6.07) is 20.6. The fourth-order valence-corrected chi connectivity index (χ4v) is 2.92. The molecule has 0 aliphatic carbocycles. The van der Waals surface area contributed by atoms with Crippen LogP contribution in [0.15, 0.2) is 71.7 Å². The summed E-state index contributed by atoms with van der Waals surface area (Å²) in [5.74, 6) is -0.940. The van der Waals surface area contributed by atoms with Gasteiger partial charge in [-0.2, -0.15) is 0 Å². The highest BCUT2D eigenvalue weighted by Gasteiger charge is 2.17. The molecule has 1 aliphatic rings. The van der Waals surface area contributed by atoms with E-state index in [0.717, 1.165) is 28.2 Å². The zero-order valence-corrected chi connectivity index (χ0v) is 12.7. The Morgan fingerprint density at radius 2 is 1.54 bits per heavy atom. The second-order valence-corrected chi connectivity index (χ2v) is 5.52. The Kier molecular flexibility index (Phi) is 3.35. The van der Waals surface area contributed by atoms with Crippen molar-refractivity contribution in [3.8, 4) is 11.1 Å². The van der Waals surface area contributed by atoms with Crippen molar-refractivity contribution in [1.82, 2.24) is 0 Å². The maximum Gasteiger partial charge on any atom is 0.336 e. The number of anilines is 2. The normalized spacial score (nSPS) is 11.8. The second kappa shape index (κ2) is 5.66. The van der Waals surface area contributed by atoms with E-state index >= 15 is 0 Å². The SMILES string of the molecule is O=C(O)c1ccccc1-c1cccc2c1C=Nc1ccccc1N2. The summed E-state index contributed by atoms with van der Waals surface area (Å²) in [6.45, 7) is 0. The van der Waals surface area contributed by atoms with Gasteiger partial charge in [-0.15, -0.1) is 0 Å². The van der Waals surface area contributed by atoms with Crippen molar-refractivity contribution in [2.45, 2.75) is 0 Å². The molecular formula is C20H14N2O2. The summed E-state index contributed by atoms with van der Waals surface area (Å²) < 4.78 is 0. The molecular weight excluding hydrogens is 300 g/mol. The Hall–Kier alpha value is -3.40. The molecule has 3 aromatic carbocycles. The lowest BCUT2D eigenvalue weighted by Gasteiger charge is -2.13. The molecule has 24 heavy (non-hydrogen) atoms. The van der Waals surface area contributed by atoms with Gasteiger partial charge in [0.15, 0.2) is 0 Å². The molecule has 0 radical (unpaired) electrons. The smallest absolute Gasteiger partial charge is 0.336 e. The number of benzene rings is 3. The molecule has 3 aromatic rings. The third kappa shape index (κ3) is 2.34. The topological polar surface area (TPSA) is 61.7 Å². The molecule has 0 amide bonds. The lowest BCUT2D eigenvalue weighted by molar-refractivity contribution is 0.0697. The standard InChI is InChI=1S/C20H14N2O2/c23-20(24)15-7-2-1-6-13(15)14-8-5-11-17-16(14)12-21-18-9-3-4-10-19(18)22-17/h1-12,22H,(H,23,24). The van der Waals surface area contributed by atoms with Crippen LogP contribution in [0.25, 0.3) is 11.1 Å². The van der Waals surface area contributed by atoms with E-state index in [0.29, 0.717) is 5.56 Å². The highest BCUT2D eigenvalue weighted by atomic mass is 16.4. The summed E-state index contributed by atoms with van der Waals surface area (Å²) in [6.07, 6.45) is 1.79. The molecule has 0 unspecified atom stereocenters. The molecule has 2 N–H and O–H groups in total. The minimum Gasteiger partial charge on any atom is -0.478 e. The maximum absolute atomic E-state index is 11.6. The van der Waals surface area contributed by atoms with Gasteiger partial charge in [0.05, 0.1) is 16.9 Å². The first-order valence-electron chi connectivity index (χ1n) is 7.60. The van der Waals surface area contributed by atoms with Crippen molar-refractivity contribution in [3.63, 3.8) is 0 Å². The molecule has 0 spiro atoms. The van der Waals surface area contributed by atoms with Crippen LogP contribution in [0.5, 0.6) is 0 Å². The number of para-hydroxylation sites is 2. The quantitative estimate of drug-likeness (QED) is 0.555. The largest absolute Gasteiger partial charge is 0.478 e. The van der Waals surface area contributed by atoms with Crippen molar-refractivity contribution in [2.24, 2.45) is 4.99 Å². The molecule has 0 saturated carbocycles. The van der Waals surface area contributed by atoms with Crippen molar-refractivity contribution < 1.29 is 9.90 Å². The number of carbonyl (C=O) groups is 1. The summed E-state index contributed by atoms with van der Waals surface area (Å²) in [7, 11) is 0. The highest BCUT2D eigenvalue weighted by Crippen LogP contribution is 2.36. The Bertz CT molecular complexity index is 977. The monoisotopic (exact) mass is 314 g/mol. The molecule has 116 valence electrons. The molecule has 4 rings (SSSR count). The molecule has 0 bridgehead atoms. The van der Waals surface area contributed by atoms with E-state index in [1.807, 2.05) is 54.6 Å². The number of fused-ring (bicyclic) bond motifs is 2. The number of nitrogens with zero attached hydrogens (tertiary/aromatic N) is 1. The number of aliphatic imine (C=N–C) groups is 1. The average molecular weight is 314 g/mol. The van der Waals surface area contributed by atoms with Crippen LogP contribution in [0, 0.1) is 0 Å². The van der Waals surface area contributed by atoms with Crippen molar-refractivity contribution in [3.05, 3.63) is 77.9 Å². The minimum absolute atomic E-state index is 0.279. The molecule has 0 aromatic heterocycles. The zero-order valence-electron chi connectivity index (χ0n) is 12.7. The van der Waals surface area contributed by atoms with Crippen LogP contribution in [0.2, 0.25) is 0 Å². The van der Waals surface area contributed by atoms with E-state index in [2.05, 4.69) is 10.3 Å². The summed E-state index contributed by atoms with van der Waals surface area (Å²) >= 11 is 0. The van der Waals surface area contributed by atoms with Gasteiger partial charge in [0, 0.05) is 17.5 Å². The minimum atomic E-state index is -0.940. The van der Waals surface area contributed by atoms with Crippen molar-refractivity contribution in [1.29, 1.82) is 0 Å². The predicted molar refractivity (Wildman–Crippen MR) is 95.8 cm³/mol. The van der Waals surface area contributed by atoms with Crippen molar-refractivity contribution in [2.75, 3.05) is 5.32 Å². The first-order chi connectivity index (χ1) is 11.7. The van der Waals surface area contributed by atoms with E-state index in [-0.39, 0.29) is 5.56 Å². The number of rotatable bonds is 2. The van der Waals surface area contributed by atoms with E-state index in [1.165, 1.54) is 0 Å². The van der Waals surface area contributed by atoms with Crippen LogP contribution in [-0.4, -0.2) is 17.3 Å². The number of hydrogen-bond acceptors (Lipinski definition) is 3. The lowest BCUT2D eigenvalue weighted by atomic mass is 9.94. The van der Waals surface area contributed by atoms with E-state index in [1.54, 1.807) is 18.3 Å².